The summed E-state index contributed by atoms with van der Waals surface area (Å²) in [5.74, 6) is 1.30. The molecule has 2 aromatic rings. The molecule has 1 aromatic heterocycles. The Hall–Kier alpha value is -2.27. The van der Waals surface area contributed by atoms with E-state index < -0.39 is 0 Å². The van der Waals surface area contributed by atoms with Crippen LogP contribution in [0.1, 0.15) is 44.6 Å². The Labute approximate surface area is 166 Å². The number of amides is 1. The van der Waals surface area contributed by atoms with Crippen molar-refractivity contribution < 1.29 is 4.79 Å². The van der Waals surface area contributed by atoms with Crippen molar-refractivity contribution in [3.8, 4) is 0 Å². The van der Waals surface area contributed by atoms with Gasteiger partial charge in [0.15, 0.2) is 5.82 Å². The standard InChI is InChI=1S/C21H27ClN4O/c1-15(2)14-19(27)24-25-21-20(22)18(8-11-23-21)26-12-9-17(10-13-26)16-6-4-3-5-7-16/h3-8,11,15,17H,9-10,12-14H2,1-2H3,(H,23,25)(H,24,27). The minimum Gasteiger partial charge on any atom is -0.370 e. The third-order valence-corrected chi connectivity index (χ3v) is 5.26. The van der Waals surface area contributed by atoms with Gasteiger partial charge in [0.25, 0.3) is 0 Å². The van der Waals surface area contributed by atoms with Crippen LogP contribution in [0.4, 0.5) is 11.5 Å². The fourth-order valence-electron chi connectivity index (χ4n) is 3.49. The number of benzene rings is 1. The van der Waals surface area contributed by atoms with Crippen LogP contribution >= 0.6 is 11.6 Å². The van der Waals surface area contributed by atoms with Crippen LogP contribution in [0.2, 0.25) is 5.02 Å². The van der Waals surface area contributed by atoms with Crippen LogP contribution in [0.5, 0.6) is 0 Å². The highest BCUT2D eigenvalue weighted by Crippen LogP contribution is 2.35. The molecule has 0 aliphatic carbocycles. The second-order valence-electron chi connectivity index (χ2n) is 7.44. The van der Waals surface area contributed by atoms with Crippen molar-refractivity contribution in [3.63, 3.8) is 0 Å². The number of hydrogen-bond donors (Lipinski definition) is 2. The Morgan fingerprint density at radius 3 is 2.59 bits per heavy atom. The quantitative estimate of drug-likeness (QED) is 0.712. The van der Waals surface area contributed by atoms with Crippen molar-refractivity contribution in [1.82, 2.24) is 10.4 Å². The number of piperidine rings is 1. The van der Waals surface area contributed by atoms with Gasteiger partial charge in [-0.3, -0.25) is 15.6 Å². The van der Waals surface area contributed by atoms with Crippen LogP contribution in [0.25, 0.3) is 0 Å². The second-order valence-corrected chi connectivity index (χ2v) is 7.81. The Kier molecular flexibility index (Phi) is 6.56. The van der Waals surface area contributed by atoms with E-state index >= 15 is 0 Å². The van der Waals surface area contributed by atoms with Crippen LogP contribution in [-0.2, 0) is 4.79 Å². The zero-order chi connectivity index (χ0) is 19.2. The zero-order valence-corrected chi connectivity index (χ0v) is 16.7. The third-order valence-electron chi connectivity index (χ3n) is 4.89. The molecule has 0 unspecified atom stereocenters. The molecule has 1 amide bonds. The summed E-state index contributed by atoms with van der Waals surface area (Å²) >= 11 is 6.57. The topological polar surface area (TPSA) is 57.3 Å². The molecule has 0 saturated carbocycles. The minimum atomic E-state index is -0.0723. The predicted octanol–water partition coefficient (Wildman–Crippen LogP) is 4.61. The lowest BCUT2D eigenvalue weighted by atomic mass is 9.89. The van der Waals surface area contributed by atoms with Gasteiger partial charge in [-0.05, 0) is 36.3 Å². The molecule has 0 atom stereocenters. The summed E-state index contributed by atoms with van der Waals surface area (Å²) in [6.07, 6.45) is 4.37. The average Bonchev–Trinajstić information content (AvgIpc) is 2.67. The number of carbonyl (C=O) groups is 1. The molecular formula is C21H27ClN4O. The van der Waals surface area contributed by atoms with Gasteiger partial charge in [-0.2, -0.15) is 0 Å². The second kappa shape index (κ2) is 9.09. The van der Waals surface area contributed by atoms with E-state index in [1.807, 2.05) is 19.9 Å². The van der Waals surface area contributed by atoms with E-state index in [1.165, 1.54) is 5.56 Å². The van der Waals surface area contributed by atoms with Gasteiger partial charge in [0.1, 0.15) is 5.02 Å². The maximum atomic E-state index is 11.8. The normalized spacial score (nSPS) is 15.0. The van der Waals surface area contributed by atoms with Crippen molar-refractivity contribution in [2.45, 2.75) is 39.0 Å². The first-order chi connectivity index (χ1) is 13.0. The molecular weight excluding hydrogens is 360 g/mol. The maximum Gasteiger partial charge on any atom is 0.238 e. The zero-order valence-electron chi connectivity index (χ0n) is 15.9. The first-order valence-corrected chi connectivity index (χ1v) is 9.91. The largest absolute Gasteiger partial charge is 0.370 e. The molecule has 1 fully saturated rings. The van der Waals surface area contributed by atoms with Crippen LogP contribution < -0.4 is 15.8 Å². The van der Waals surface area contributed by atoms with Crippen LogP contribution in [0.3, 0.4) is 0 Å². The summed E-state index contributed by atoms with van der Waals surface area (Å²) < 4.78 is 0. The summed E-state index contributed by atoms with van der Waals surface area (Å²) in [5.41, 5.74) is 7.91. The molecule has 6 heteroatoms. The number of aromatic nitrogens is 1. The Morgan fingerprint density at radius 2 is 1.93 bits per heavy atom. The lowest BCUT2D eigenvalue weighted by molar-refractivity contribution is -0.121. The molecule has 0 spiro atoms. The highest BCUT2D eigenvalue weighted by atomic mass is 35.5. The van der Waals surface area contributed by atoms with Crippen LogP contribution in [-0.4, -0.2) is 24.0 Å². The summed E-state index contributed by atoms with van der Waals surface area (Å²) in [7, 11) is 0. The van der Waals surface area contributed by atoms with Crippen molar-refractivity contribution in [2.24, 2.45) is 5.92 Å². The molecule has 0 bridgehead atoms. The number of carbonyl (C=O) groups excluding carboxylic acids is 1. The minimum absolute atomic E-state index is 0.0723. The Balaban J connectivity index is 1.62. The van der Waals surface area contributed by atoms with E-state index in [-0.39, 0.29) is 5.91 Å². The molecule has 27 heavy (non-hydrogen) atoms. The molecule has 2 N–H and O–H groups in total. The number of pyridine rings is 1. The number of nitrogens with zero attached hydrogens (tertiary/aromatic N) is 2. The molecule has 5 nitrogen and oxygen atoms in total. The number of hydrogen-bond acceptors (Lipinski definition) is 4. The SMILES string of the molecule is CC(C)CC(=O)NNc1nccc(N2CCC(c3ccccc3)CC2)c1Cl. The van der Waals surface area contributed by atoms with E-state index in [1.54, 1.807) is 6.20 Å². The first kappa shape index (κ1) is 19.5. The highest BCUT2D eigenvalue weighted by Gasteiger charge is 2.23. The van der Waals surface area contributed by atoms with Crippen LogP contribution in [0.15, 0.2) is 42.6 Å². The molecule has 1 aliphatic heterocycles. The fourth-order valence-corrected chi connectivity index (χ4v) is 3.77. The lowest BCUT2D eigenvalue weighted by Crippen LogP contribution is -2.34. The first-order valence-electron chi connectivity index (χ1n) is 9.54. The highest BCUT2D eigenvalue weighted by molar-refractivity contribution is 6.35. The van der Waals surface area contributed by atoms with Crippen molar-refractivity contribution in [2.75, 3.05) is 23.4 Å². The maximum absolute atomic E-state index is 11.8. The van der Waals surface area contributed by atoms with E-state index in [9.17, 15) is 4.79 Å². The molecule has 2 heterocycles. The fraction of sp³-hybridized carbons (Fsp3) is 0.429. The third kappa shape index (κ3) is 5.13. The van der Waals surface area contributed by atoms with E-state index in [2.05, 4.69) is 51.1 Å². The smallest absolute Gasteiger partial charge is 0.238 e. The molecule has 1 aliphatic rings. The predicted molar refractivity (Wildman–Crippen MR) is 111 cm³/mol. The lowest BCUT2D eigenvalue weighted by Gasteiger charge is -2.34. The number of nitrogens with one attached hydrogen (secondary N) is 2. The van der Waals surface area contributed by atoms with Crippen molar-refractivity contribution in [3.05, 3.63) is 53.2 Å². The molecule has 0 radical (unpaired) electrons. The van der Waals surface area contributed by atoms with Crippen molar-refractivity contribution in [1.29, 1.82) is 0 Å². The molecule has 1 saturated heterocycles. The summed E-state index contributed by atoms with van der Waals surface area (Å²) in [6.45, 7) is 5.90. The molecule has 3 rings (SSSR count). The average molecular weight is 387 g/mol. The number of halogens is 1. The van der Waals surface area contributed by atoms with Gasteiger partial charge in [-0.1, -0.05) is 55.8 Å². The van der Waals surface area contributed by atoms with Gasteiger partial charge in [0.05, 0.1) is 5.69 Å². The monoisotopic (exact) mass is 386 g/mol. The van der Waals surface area contributed by atoms with Crippen LogP contribution in [0, 0.1) is 5.92 Å². The Bertz CT molecular complexity index is 758. The van der Waals surface area contributed by atoms with E-state index in [0.29, 0.717) is 29.1 Å². The molecule has 144 valence electrons. The van der Waals surface area contributed by atoms with Gasteiger partial charge < -0.3 is 4.90 Å². The van der Waals surface area contributed by atoms with Gasteiger partial charge in [-0.15, -0.1) is 0 Å². The van der Waals surface area contributed by atoms with Gasteiger partial charge in [0, 0.05) is 25.7 Å². The summed E-state index contributed by atoms with van der Waals surface area (Å²) in [6, 6.07) is 12.6. The number of anilines is 2. The summed E-state index contributed by atoms with van der Waals surface area (Å²) in [4.78, 5) is 18.4. The number of hydrazine groups is 1. The van der Waals surface area contributed by atoms with Crippen molar-refractivity contribution >= 4 is 29.0 Å². The van der Waals surface area contributed by atoms with E-state index in [4.69, 9.17) is 11.6 Å². The Morgan fingerprint density at radius 1 is 1.22 bits per heavy atom. The van der Waals surface area contributed by atoms with Gasteiger partial charge in [0.2, 0.25) is 5.91 Å². The molecule has 1 aromatic carbocycles. The van der Waals surface area contributed by atoms with Gasteiger partial charge >= 0.3 is 0 Å². The number of rotatable bonds is 6. The summed E-state index contributed by atoms with van der Waals surface area (Å²) in [5, 5.41) is 0.542. The van der Waals surface area contributed by atoms with E-state index in [0.717, 1.165) is 31.6 Å². The van der Waals surface area contributed by atoms with Gasteiger partial charge in [-0.25, -0.2) is 4.98 Å².